The van der Waals surface area contributed by atoms with E-state index in [2.05, 4.69) is 55.7 Å². The van der Waals surface area contributed by atoms with E-state index in [0.717, 1.165) is 26.7 Å². The van der Waals surface area contributed by atoms with Gasteiger partial charge in [-0.15, -0.1) is 0 Å². The molecule has 0 radical (unpaired) electrons. The number of azide groups is 1. The summed E-state index contributed by atoms with van der Waals surface area (Å²) < 4.78 is 0. The Hall–Kier alpha value is -0.930. The minimum Gasteiger partial charge on any atom is -0.280 e. The fraction of sp³-hybridized carbons (Fsp3) is 1.00. The topological polar surface area (TPSA) is 68.2 Å². The van der Waals surface area contributed by atoms with Crippen molar-refractivity contribution in [3.05, 3.63) is 10.4 Å². The molecule has 114 valence electrons. The first-order chi connectivity index (χ1) is 9.43. The van der Waals surface area contributed by atoms with Crippen LogP contribution in [-0.4, -0.2) is 104 Å². The summed E-state index contributed by atoms with van der Waals surface area (Å²) >= 11 is 0. The molecule has 0 bridgehead atoms. The van der Waals surface area contributed by atoms with E-state index >= 15 is 0 Å². The normalized spacial score (nSPS) is 33.2. The lowest BCUT2D eigenvalue weighted by Crippen LogP contribution is -2.70. The lowest BCUT2D eigenvalue weighted by Gasteiger charge is -2.54. The third-order valence-electron chi connectivity index (χ3n) is 3.77. The van der Waals surface area contributed by atoms with Crippen molar-refractivity contribution in [1.29, 1.82) is 0 Å². The first-order valence-corrected chi connectivity index (χ1v) is 6.72. The predicted octanol–water partition coefficient (Wildman–Crippen LogP) is -0.318. The summed E-state index contributed by atoms with van der Waals surface area (Å²) in [6, 6.07) is 0. The van der Waals surface area contributed by atoms with Crippen molar-refractivity contribution in [3.8, 4) is 0 Å². The van der Waals surface area contributed by atoms with Crippen LogP contribution in [0.2, 0.25) is 0 Å². The standard InChI is InChI=1S/C11H25N9/c1-15-6-16(2)8-20(7-15)11-18(4)9-17(3)10(13-14-12)19(11)5/h10-11H,6-9H2,1-5H3. The third-order valence-corrected chi connectivity index (χ3v) is 3.77. The van der Waals surface area contributed by atoms with Gasteiger partial charge < -0.3 is 0 Å². The molecule has 2 unspecified atom stereocenters. The van der Waals surface area contributed by atoms with Gasteiger partial charge in [0.15, 0.2) is 0 Å². The Morgan fingerprint density at radius 1 is 0.900 bits per heavy atom. The largest absolute Gasteiger partial charge is 0.280 e. The van der Waals surface area contributed by atoms with Crippen molar-refractivity contribution >= 4 is 0 Å². The Morgan fingerprint density at radius 2 is 1.50 bits per heavy atom. The molecule has 0 spiro atoms. The molecule has 2 saturated heterocycles. The molecule has 2 aliphatic heterocycles. The van der Waals surface area contributed by atoms with Crippen molar-refractivity contribution in [2.24, 2.45) is 5.11 Å². The van der Waals surface area contributed by atoms with E-state index in [4.69, 9.17) is 5.53 Å². The molecule has 0 N–H and O–H groups in total. The molecular weight excluding hydrogens is 258 g/mol. The zero-order valence-electron chi connectivity index (χ0n) is 13.0. The Morgan fingerprint density at radius 3 is 2.05 bits per heavy atom. The van der Waals surface area contributed by atoms with Crippen LogP contribution in [0.1, 0.15) is 0 Å². The minimum absolute atomic E-state index is 0.117. The van der Waals surface area contributed by atoms with E-state index in [9.17, 15) is 0 Å². The highest BCUT2D eigenvalue weighted by molar-refractivity contribution is 4.81. The highest BCUT2D eigenvalue weighted by Crippen LogP contribution is 2.22. The van der Waals surface area contributed by atoms with E-state index in [1.54, 1.807) is 0 Å². The first-order valence-electron chi connectivity index (χ1n) is 6.72. The fourth-order valence-corrected chi connectivity index (χ4v) is 3.30. The summed E-state index contributed by atoms with van der Waals surface area (Å²) in [5.74, 6) is 0. The quantitative estimate of drug-likeness (QED) is 0.393. The fourth-order valence-electron chi connectivity index (χ4n) is 3.30. The van der Waals surface area contributed by atoms with Crippen LogP contribution in [0.15, 0.2) is 5.11 Å². The monoisotopic (exact) mass is 283 g/mol. The molecule has 9 heteroatoms. The molecule has 2 atom stereocenters. The van der Waals surface area contributed by atoms with E-state index in [1.807, 2.05) is 19.0 Å². The summed E-state index contributed by atoms with van der Waals surface area (Å²) in [4.78, 5) is 16.3. The van der Waals surface area contributed by atoms with Crippen LogP contribution in [0.5, 0.6) is 0 Å². The number of rotatable bonds is 2. The summed E-state index contributed by atoms with van der Waals surface area (Å²) in [5, 5.41) is 3.92. The van der Waals surface area contributed by atoms with Gasteiger partial charge in [0.1, 0.15) is 12.6 Å². The summed E-state index contributed by atoms with van der Waals surface area (Å²) in [6.07, 6.45) is -0.134. The Bertz CT molecular complexity index is 372. The maximum atomic E-state index is 8.76. The molecule has 0 aromatic heterocycles. The second kappa shape index (κ2) is 6.23. The van der Waals surface area contributed by atoms with Crippen LogP contribution >= 0.6 is 0 Å². The summed E-state index contributed by atoms with van der Waals surface area (Å²) in [7, 11) is 10.3. The van der Waals surface area contributed by atoms with E-state index in [-0.39, 0.29) is 12.6 Å². The van der Waals surface area contributed by atoms with Crippen molar-refractivity contribution in [2.45, 2.75) is 12.6 Å². The molecule has 2 fully saturated rings. The molecule has 2 rings (SSSR count). The van der Waals surface area contributed by atoms with Gasteiger partial charge in [0.2, 0.25) is 0 Å². The zero-order valence-corrected chi connectivity index (χ0v) is 13.0. The van der Waals surface area contributed by atoms with Crippen molar-refractivity contribution in [1.82, 2.24) is 29.4 Å². The second-order valence-corrected chi connectivity index (χ2v) is 5.94. The van der Waals surface area contributed by atoms with Gasteiger partial charge in [0.25, 0.3) is 0 Å². The van der Waals surface area contributed by atoms with Crippen LogP contribution in [0.4, 0.5) is 0 Å². The highest BCUT2D eigenvalue weighted by Gasteiger charge is 2.39. The number of hydrogen-bond donors (Lipinski definition) is 0. The van der Waals surface area contributed by atoms with Crippen molar-refractivity contribution < 1.29 is 0 Å². The van der Waals surface area contributed by atoms with Gasteiger partial charge in [-0.25, -0.2) is 4.90 Å². The van der Waals surface area contributed by atoms with Crippen LogP contribution in [-0.2, 0) is 0 Å². The average Bonchev–Trinajstić information content (AvgIpc) is 2.33. The maximum Gasteiger partial charge on any atom is 0.146 e. The summed E-state index contributed by atoms with van der Waals surface area (Å²) in [6.45, 7) is 3.53. The minimum atomic E-state index is -0.251. The third kappa shape index (κ3) is 3.04. The molecule has 0 aromatic rings. The first kappa shape index (κ1) is 15.5. The van der Waals surface area contributed by atoms with Gasteiger partial charge >= 0.3 is 0 Å². The highest BCUT2D eigenvalue weighted by atomic mass is 15.7. The van der Waals surface area contributed by atoms with E-state index in [1.165, 1.54) is 0 Å². The smallest absolute Gasteiger partial charge is 0.146 e. The zero-order chi connectivity index (χ0) is 14.9. The van der Waals surface area contributed by atoms with Crippen LogP contribution in [0, 0.1) is 0 Å². The molecule has 9 nitrogen and oxygen atoms in total. The van der Waals surface area contributed by atoms with Gasteiger partial charge in [-0.1, -0.05) is 5.11 Å². The van der Waals surface area contributed by atoms with Crippen molar-refractivity contribution in [3.63, 3.8) is 0 Å². The van der Waals surface area contributed by atoms with Gasteiger partial charge in [-0.05, 0) is 40.8 Å². The Balaban J connectivity index is 2.17. The Labute approximate surface area is 120 Å². The summed E-state index contributed by atoms with van der Waals surface area (Å²) in [5.41, 5.74) is 8.76. The van der Waals surface area contributed by atoms with Gasteiger partial charge in [-0.3, -0.25) is 24.5 Å². The molecule has 0 aromatic carbocycles. The van der Waals surface area contributed by atoms with Gasteiger partial charge in [0.05, 0.1) is 26.7 Å². The second-order valence-electron chi connectivity index (χ2n) is 5.94. The molecule has 20 heavy (non-hydrogen) atoms. The van der Waals surface area contributed by atoms with Crippen LogP contribution < -0.4 is 0 Å². The maximum absolute atomic E-state index is 8.76. The van der Waals surface area contributed by atoms with Crippen LogP contribution in [0.25, 0.3) is 10.4 Å². The van der Waals surface area contributed by atoms with Gasteiger partial charge in [0, 0.05) is 4.91 Å². The number of hydrogen-bond acceptors (Lipinski definition) is 7. The lowest BCUT2D eigenvalue weighted by atomic mass is 10.4. The van der Waals surface area contributed by atoms with E-state index < -0.39 is 0 Å². The van der Waals surface area contributed by atoms with Crippen molar-refractivity contribution in [2.75, 3.05) is 61.9 Å². The number of nitrogens with zero attached hydrogens (tertiary/aromatic N) is 9. The SMILES string of the molecule is CN1CN(C)CN(C2N(C)CN(C)C(N=[N+]=[N-])N2C)C1. The lowest BCUT2D eigenvalue weighted by molar-refractivity contribution is -0.190. The molecular formula is C11H25N9. The molecule has 0 amide bonds. The predicted molar refractivity (Wildman–Crippen MR) is 76.8 cm³/mol. The Kier molecular flexibility index (Phi) is 4.82. The van der Waals surface area contributed by atoms with Gasteiger partial charge in [-0.2, -0.15) is 0 Å². The molecule has 2 aliphatic rings. The molecule has 0 aliphatic carbocycles. The van der Waals surface area contributed by atoms with E-state index in [0.29, 0.717) is 0 Å². The molecule has 0 saturated carbocycles. The van der Waals surface area contributed by atoms with Crippen LogP contribution in [0.3, 0.4) is 0 Å². The molecule has 2 heterocycles. The average molecular weight is 283 g/mol.